The zero-order chi connectivity index (χ0) is 22.1. The molecule has 2 aliphatic carbocycles. The van der Waals surface area contributed by atoms with E-state index in [0.29, 0.717) is 6.42 Å². The Morgan fingerprint density at radius 3 is 2.47 bits per heavy atom. The van der Waals surface area contributed by atoms with Crippen LogP contribution < -0.4 is 0 Å². The summed E-state index contributed by atoms with van der Waals surface area (Å²) in [5.74, 6) is -0.364. The van der Waals surface area contributed by atoms with E-state index in [0.717, 1.165) is 19.3 Å². The molecule has 10 atom stereocenters. The number of hydrogen-bond donors (Lipinski definition) is 3. The van der Waals surface area contributed by atoms with Crippen LogP contribution in [0.1, 0.15) is 59.3 Å². The lowest BCUT2D eigenvalue weighted by Crippen LogP contribution is -2.65. The molecule has 4 fully saturated rings. The zero-order valence-electron chi connectivity index (χ0n) is 18.6. The molecule has 0 amide bonds. The number of carbonyl (C=O) groups excluding carboxylic acids is 1. The first-order valence-electron chi connectivity index (χ1n) is 11.0. The lowest BCUT2D eigenvalue weighted by Gasteiger charge is -2.61. The van der Waals surface area contributed by atoms with Crippen molar-refractivity contribution in [2.75, 3.05) is 14.2 Å². The van der Waals surface area contributed by atoms with Crippen LogP contribution >= 0.6 is 0 Å². The Kier molecular flexibility index (Phi) is 5.32. The number of methoxy groups -OCH3 is 2. The van der Waals surface area contributed by atoms with Crippen LogP contribution in [0.2, 0.25) is 0 Å². The highest BCUT2D eigenvalue weighted by atomic mass is 16.8. The smallest absolute Gasteiger partial charge is 0.312 e. The molecule has 0 aromatic heterocycles. The third kappa shape index (κ3) is 2.70. The molecule has 2 saturated carbocycles. The van der Waals surface area contributed by atoms with Crippen molar-refractivity contribution in [1.82, 2.24) is 0 Å². The maximum absolute atomic E-state index is 12.7. The summed E-state index contributed by atoms with van der Waals surface area (Å²) in [6.07, 6.45) is -0.257. The number of ether oxygens (including phenoxy) is 4. The molecule has 4 aliphatic rings. The number of aliphatic hydroxyl groups excluding tert-OH is 1. The second-order valence-electron chi connectivity index (χ2n) is 10.4. The van der Waals surface area contributed by atoms with E-state index in [2.05, 4.69) is 6.92 Å². The second kappa shape index (κ2) is 7.12. The van der Waals surface area contributed by atoms with Gasteiger partial charge in [0.15, 0.2) is 12.6 Å². The summed E-state index contributed by atoms with van der Waals surface area (Å²) in [7, 11) is 2.79. The molecule has 0 bridgehead atoms. The van der Waals surface area contributed by atoms with Crippen LogP contribution in [0.25, 0.3) is 0 Å². The van der Waals surface area contributed by atoms with E-state index in [9.17, 15) is 20.1 Å². The normalized spacial score (nSPS) is 55.4. The van der Waals surface area contributed by atoms with Gasteiger partial charge in [0.1, 0.15) is 17.8 Å². The molecule has 8 nitrogen and oxygen atoms in total. The minimum absolute atomic E-state index is 0.0724. The minimum atomic E-state index is -1.71. The third-order valence-corrected chi connectivity index (χ3v) is 9.04. The molecule has 0 aromatic rings. The van der Waals surface area contributed by atoms with E-state index in [4.69, 9.17) is 18.9 Å². The van der Waals surface area contributed by atoms with Gasteiger partial charge in [-0.05, 0) is 44.9 Å². The predicted molar refractivity (Wildman–Crippen MR) is 105 cm³/mol. The standard InChI is InChI=1S/C22H36O8/c1-12-11-13-14-19(2,17(24)29-13)7-6-8-20(14,3)22(12,26)10-9-21(25)15(23)16(27-4)30-18(21)28-5/h12-16,18,23,25-26H,6-11H2,1-5H3/t12-,13-,14-,15-,16-,18+,19+,20-,21-,22-/m1/s1. The van der Waals surface area contributed by atoms with E-state index in [1.165, 1.54) is 14.2 Å². The van der Waals surface area contributed by atoms with E-state index < -0.39 is 40.7 Å². The molecule has 0 radical (unpaired) electrons. The maximum Gasteiger partial charge on any atom is 0.312 e. The highest BCUT2D eigenvalue weighted by Crippen LogP contribution is 2.67. The van der Waals surface area contributed by atoms with E-state index >= 15 is 0 Å². The number of aliphatic hydroxyl groups is 3. The summed E-state index contributed by atoms with van der Waals surface area (Å²) in [5.41, 5.74) is -3.98. The van der Waals surface area contributed by atoms with Gasteiger partial charge in [0.05, 0.1) is 11.0 Å². The summed E-state index contributed by atoms with van der Waals surface area (Å²) in [6.45, 7) is 6.02. The first-order chi connectivity index (χ1) is 14.0. The Hall–Kier alpha value is -0.770. The van der Waals surface area contributed by atoms with Gasteiger partial charge < -0.3 is 34.3 Å². The van der Waals surface area contributed by atoms with Crippen LogP contribution in [-0.2, 0) is 23.7 Å². The summed E-state index contributed by atoms with van der Waals surface area (Å²) < 4.78 is 21.7. The molecule has 4 rings (SSSR count). The van der Waals surface area contributed by atoms with Crippen LogP contribution in [-0.4, -0.2) is 71.5 Å². The van der Waals surface area contributed by atoms with Crippen LogP contribution in [0.4, 0.5) is 0 Å². The first-order valence-corrected chi connectivity index (χ1v) is 11.0. The summed E-state index contributed by atoms with van der Waals surface area (Å²) in [4.78, 5) is 12.7. The molecular weight excluding hydrogens is 392 g/mol. The number of rotatable bonds is 5. The largest absolute Gasteiger partial charge is 0.462 e. The number of hydrogen-bond acceptors (Lipinski definition) is 8. The molecule has 2 heterocycles. The fraction of sp³-hybridized carbons (Fsp3) is 0.955. The molecule has 3 N–H and O–H groups in total. The maximum atomic E-state index is 12.7. The third-order valence-electron chi connectivity index (χ3n) is 9.04. The van der Waals surface area contributed by atoms with Crippen molar-refractivity contribution in [1.29, 1.82) is 0 Å². The lowest BCUT2D eigenvalue weighted by molar-refractivity contribution is -0.238. The van der Waals surface area contributed by atoms with Crippen LogP contribution in [0.3, 0.4) is 0 Å². The Balaban J connectivity index is 1.64. The van der Waals surface area contributed by atoms with Crippen molar-refractivity contribution in [2.45, 2.75) is 95.3 Å². The highest BCUT2D eigenvalue weighted by Gasteiger charge is 2.71. The van der Waals surface area contributed by atoms with Gasteiger partial charge in [-0.3, -0.25) is 4.79 Å². The minimum Gasteiger partial charge on any atom is -0.462 e. The van der Waals surface area contributed by atoms with Crippen LogP contribution in [0, 0.1) is 22.7 Å². The Labute approximate surface area is 177 Å². The summed E-state index contributed by atoms with van der Waals surface area (Å²) in [5, 5.41) is 34.0. The number of carbonyl (C=O) groups is 1. The molecule has 2 saturated heterocycles. The molecule has 0 spiro atoms. The van der Waals surface area contributed by atoms with Crippen molar-refractivity contribution >= 4 is 5.97 Å². The van der Waals surface area contributed by atoms with Gasteiger partial charge in [-0.1, -0.05) is 20.3 Å². The Morgan fingerprint density at radius 1 is 1.13 bits per heavy atom. The van der Waals surface area contributed by atoms with Crippen LogP contribution in [0.5, 0.6) is 0 Å². The topological polar surface area (TPSA) is 115 Å². The molecular formula is C22H36O8. The van der Waals surface area contributed by atoms with E-state index in [1.807, 2.05) is 13.8 Å². The SMILES string of the molecule is CO[C@@H]1O[C@H](OC)[C@@](O)(CC[C@@]2(O)[C@H](C)C[C@H]3OC(=O)[C@@]4(C)CCC[C@]2(C)[C@H]34)[C@@H]1O. The number of esters is 1. The molecule has 0 aromatic carbocycles. The van der Waals surface area contributed by atoms with Crippen molar-refractivity contribution in [2.24, 2.45) is 22.7 Å². The average Bonchev–Trinajstić information content (AvgIpc) is 3.10. The quantitative estimate of drug-likeness (QED) is 0.562. The lowest BCUT2D eigenvalue weighted by atomic mass is 9.44. The van der Waals surface area contributed by atoms with Gasteiger partial charge in [0.2, 0.25) is 0 Å². The highest BCUT2D eigenvalue weighted by molar-refractivity contribution is 5.80. The second-order valence-corrected chi connectivity index (χ2v) is 10.4. The fourth-order valence-corrected chi connectivity index (χ4v) is 7.32. The van der Waals surface area contributed by atoms with Gasteiger partial charge in [-0.15, -0.1) is 0 Å². The molecule has 0 unspecified atom stereocenters. The van der Waals surface area contributed by atoms with Crippen LogP contribution in [0.15, 0.2) is 0 Å². The van der Waals surface area contributed by atoms with Gasteiger partial charge >= 0.3 is 5.97 Å². The fourth-order valence-electron chi connectivity index (χ4n) is 7.32. The van der Waals surface area contributed by atoms with Crippen molar-refractivity contribution in [3.8, 4) is 0 Å². The Bertz CT molecular complexity index is 697. The molecule has 172 valence electrons. The van der Waals surface area contributed by atoms with Gasteiger partial charge in [0.25, 0.3) is 0 Å². The van der Waals surface area contributed by atoms with Crippen molar-refractivity contribution < 1.29 is 39.1 Å². The zero-order valence-corrected chi connectivity index (χ0v) is 18.6. The predicted octanol–water partition coefficient (Wildman–Crippen LogP) is 1.34. The van der Waals surface area contributed by atoms with Gasteiger partial charge in [-0.25, -0.2) is 0 Å². The first kappa shape index (κ1) is 22.4. The van der Waals surface area contributed by atoms with E-state index in [-0.39, 0.29) is 36.8 Å². The molecule has 2 aliphatic heterocycles. The van der Waals surface area contributed by atoms with Crippen molar-refractivity contribution in [3.05, 3.63) is 0 Å². The van der Waals surface area contributed by atoms with Crippen molar-refractivity contribution in [3.63, 3.8) is 0 Å². The molecule has 30 heavy (non-hydrogen) atoms. The van der Waals surface area contributed by atoms with Gasteiger partial charge in [-0.2, -0.15) is 0 Å². The summed E-state index contributed by atoms with van der Waals surface area (Å²) >= 11 is 0. The average molecular weight is 429 g/mol. The monoisotopic (exact) mass is 428 g/mol. The summed E-state index contributed by atoms with van der Waals surface area (Å²) in [6, 6.07) is 0. The van der Waals surface area contributed by atoms with E-state index in [1.54, 1.807) is 0 Å². The molecule has 8 heteroatoms. The Morgan fingerprint density at radius 2 is 1.83 bits per heavy atom. The van der Waals surface area contributed by atoms with Gasteiger partial charge in [0, 0.05) is 25.6 Å².